The fourth-order valence-electron chi connectivity index (χ4n) is 1.44. The van der Waals surface area contributed by atoms with Gasteiger partial charge >= 0.3 is 0 Å². The van der Waals surface area contributed by atoms with Crippen LogP contribution in [0.2, 0.25) is 0 Å². The van der Waals surface area contributed by atoms with Crippen molar-refractivity contribution in [3.63, 3.8) is 0 Å². The molecule has 84 valence electrons. The molecule has 4 nitrogen and oxygen atoms in total. The molecule has 0 atom stereocenters. The number of ether oxygens (including phenoxy) is 1. The topological polar surface area (TPSA) is 64.3 Å². The molecule has 5 heteroatoms. The van der Waals surface area contributed by atoms with Gasteiger partial charge in [-0.2, -0.15) is 0 Å². The van der Waals surface area contributed by atoms with Gasteiger partial charge in [0, 0.05) is 4.70 Å². The average molecular weight is 236 g/mol. The predicted octanol–water partition coefficient (Wildman–Crippen LogP) is 1.41. The van der Waals surface area contributed by atoms with Gasteiger partial charge in [0.2, 0.25) is 0 Å². The molecule has 0 bridgehead atoms. The van der Waals surface area contributed by atoms with Crippen LogP contribution in [-0.4, -0.2) is 12.5 Å². The highest BCUT2D eigenvalue weighted by molar-refractivity contribution is 7.17. The van der Waals surface area contributed by atoms with E-state index in [4.69, 9.17) is 10.6 Å². The zero-order valence-corrected chi connectivity index (χ0v) is 9.42. The number of rotatable bonds is 4. The van der Waals surface area contributed by atoms with Crippen molar-refractivity contribution in [2.45, 2.75) is 6.61 Å². The lowest BCUT2D eigenvalue weighted by Crippen LogP contribution is -2.33. The minimum Gasteiger partial charge on any atom is -0.367 e. The number of carbonyl (C=O) groups is 1. The second-order valence-electron chi connectivity index (χ2n) is 3.32. The highest BCUT2D eigenvalue weighted by Gasteiger charge is 2.04. The van der Waals surface area contributed by atoms with Crippen LogP contribution in [0, 0.1) is 0 Å². The van der Waals surface area contributed by atoms with Crippen LogP contribution in [0.15, 0.2) is 29.6 Å². The van der Waals surface area contributed by atoms with Crippen molar-refractivity contribution in [3.05, 3.63) is 35.2 Å². The highest BCUT2D eigenvalue weighted by atomic mass is 32.1. The highest BCUT2D eigenvalue weighted by Crippen LogP contribution is 2.25. The summed E-state index contributed by atoms with van der Waals surface area (Å²) in [5.74, 6) is 4.62. The molecule has 1 aromatic heterocycles. The molecule has 16 heavy (non-hydrogen) atoms. The van der Waals surface area contributed by atoms with Gasteiger partial charge in [0.1, 0.15) is 6.61 Å². The Morgan fingerprint density at radius 1 is 1.44 bits per heavy atom. The lowest BCUT2D eigenvalue weighted by Gasteiger charge is -2.02. The standard InChI is InChI=1S/C11H12N2O2S/c12-13-11(14)6-15-5-8-7-16-10-4-2-1-3-9(8)10/h1-4,7H,5-6,12H2,(H,13,14). The van der Waals surface area contributed by atoms with E-state index >= 15 is 0 Å². The lowest BCUT2D eigenvalue weighted by molar-refractivity contribution is -0.126. The summed E-state index contributed by atoms with van der Waals surface area (Å²) in [6.45, 7) is 0.415. The summed E-state index contributed by atoms with van der Waals surface area (Å²) in [5.41, 5.74) is 3.12. The summed E-state index contributed by atoms with van der Waals surface area (Å²) < 4.78 is 6.48. The number of carbonyl (C=O) groups excluding carboxylic acids is 1. The summed E-state index contributed by atoms with van der Waals surface area (Å²) in [5, 5.41) is 3.23. The molecule has 2 aromatic rings. The molecule has 1 heterocycles. The van der Waals surface area contributed by atoms with Gasteiger partial charge in [0.15, 0.2) is 0 Å². The van der Waals surface area contributed by atoms with Crippen molar-refractivity contribution in [3.8, 4) is 0 Å². The Balaban J connectivity index is 2.02. The first-order valence-electron chi connectivity index (χ1n) is 4.83. The van der Waals surface area contributed by atoms with Crippen molar-refractivity contribution < 1.29 is 9.53 Å². The maximum atomic E-state index is 10.8. The molecule has 0 radical (unpaired) electrons. The van der Waals surface area contributed by atoms with Gasteiger partial charge in [-0.15, -0.1) is 11.3 Å². The minimum absolute atomic E-state index is 0.0132. The molecule has 2 rings (SSSR count). The maximum absolute atomic E-state index is 10.8. The Morgan fingerprint density at radius 3 is 3.06 bits per heavy atom. The van der Waals surface area contributed by atoms with Gasteiger partial charge in [-0.05, 0) is 22.4 Å². The van der Waals surface area contributed by atoms with Gasteiger partial charge in [-0.3, -0.25) is 10.2 Å². The normalized spacial score (nSPS) is 10.6. The number of thiophene rings is 1. The smallest absolute Gasteiger partial charge is 0.259 e. The van der Waals surface area contributed by atoms with Crippen LogP contribution in [0.5, 0.6) is 0 Å². The Labute approximate surface area is 97.0 Å². The Bertz CT molecular complexity index is 495. The molecule has 0 spiro atoms. The number of benzene rings is 1. The van der Waals surface area contributed by atoms with Crippen LogP contribution in [-0.2, 0) is 16.1 Å². The summed E-state index contributed by atoms with van der Waals surface area (Å²) in [4.78, 5) is 10.8. The molecule has 0 unspecified atom stereocenters. The van der Waals surface area contributed by atoms with Crippen molar-refractivity contribution in [2.24, 2.45) is 5.84 Å². The van der Waals surface area contributed by atoms with E-state index in [-0.39, 0.29) is 12.5 Å². The third-order valence-electron chi connectivity index (χ3n) is 2.21. The van der Waals surface area contributed by atoms with Gasteiger partial charge in [0.25, 0.3) is 5.91 Å². The van der Waals surface area contributed by atoms with E-state index in [9.17, 15) is 4.79 Å². The fourth-order valence-corrected chi connectivity index (χ4v) is 2.39. The van der Waals surface area contributed by atoms with Gasteiger partial charge in [-0.1, -0.05) is 18.2 Å². The molecular formula is C11H12N2O2S. The molecule has 3 N–H and O–H groups in total. The van der Waals surface area contributed by atoms with Crippen molar-refractivity contribution in [1.29, 1.82) is 0 Å². The largest absolute Gasteiger partial charge is 0.367 e. The van der Waals surface area contributed by atoms with E-state index in [1.54, 1.807) is 11.3 Å². The van der Waals surface area contributed by atoms with E-state index in [0.717, 1.165) is 5.56 Å². The van der Waals surface area contributed by atoms with Crippen LogP contribution < -0.4 is 11.3 Å². The number of hydrogen-bond donors (Lipinski definition) is 2. The van der Waals surface area contributed by atoms with E-state index in [1.165, 1.54) is 10.1 Å². The summed E-state index contributed by atoms with van der Waals surface area (Å²) in [7, 11) is 0. The predicted molar refractivity (Wildman–Crippen MR) is 63.8 cm³/mol. The van der Waals surface area contributed by atoms with E-state index in [0.29, 0.717) is 6.61 Å². The molecule has 1 amide bonds. The average Bonchev–Trinajstić information content (AvgIpc) is 2.73. The Kier molecular flexibility index (Phi) is 3.51. The quantitative estimate of drug-likeness (QED) is 0.479. The van der Waals surface area contributed by atoms with Gasteiger partial charge < -0.3 is 4.74 Å². The number of amides is 1. The van der Waals surface area contributed by atoms with Crippen LogP contribution in [0.1, 0.15) is 5.56 Å². The maximum Gasteiger partial charge on any atom is 0.259 e. The molecule has 0 aliphatic heterocycles. The lowest BCUT2D eigenvalue weighted by atomic mass is 10.2. The molecule has 0 fully saturated rings. The zero-order chi connectivity index (χ0) is 11.4. The third-order valence-corrected chi connectivity index (χ3v) is 3.23. The SMILES string of the molecule is NNC(=O)COCc1csc2ccccc12. The Hall–Kier alpha value is -1.43. The molecule has 0 aliphatic carbocycles. The second kappa shape index (κ2) is 5.07. The summed E-state index contributed by atoms with van der Waals surface area (Å²) in [6.07, 6.45) is 0. The van der Waals surface area contributed by atoms with Gasteiger partial charge in [-0.25, -0.2) is 5.84 Å². The first-order chi connectivity index (χ1) is 7.81. The number of fused-ring (bicyclic) bond motifs is 1. The third kappa shape index (κ3) is 2.38. The van der Waals surface area contributed by atoms with Gasteiger partial charge in [0.05, 0.1) is 6.61 Å². The summed E-state index contributed by atoms with van der Waals surface area (Å²) in [6, 6.07) is 8.11. The molecule has 0 saturated heterocycles. The zero-order valence-electron chi connectivity index (χ0n) is 8.60. The first-order valence-corrected chi connectivity index (χ1v) is 5.71. The van der Waals surface area contributed by atoms with E-state index in [1.807, 2.05) is 29.0 Å². The van der Waals surface area contributed by atoms with Crippen LogP contribution in [0.4, 0.5) is 0 Å². The number of nitrogens with one attached hydrogen (secondary N) is 1. The molecule has 0 saturated carbocycles. The van der Waals surface area contributed by atoms with Crippen molar-refractivity contribution in [1.82, 2.24) is 5.43 Å². The Morgan fingerprint density at radius 2 is 2.25 bits per heavy atom. The monoisotopic (exact) mass is 236 g/mol. The van der Waals surface area contributed by atoms with Crippen molar-refractivity contribution >= 4 is 27.3 Å². The minimum atomic E-state index is -0.320. The fraction of sp³-hybridized carbons (Fsp3) is 0.182. The number of nitrogens with two attached hydrogens (primary N) is 1. The summed E-state index contributed by atoms with van der Waals surface area (Å²) >= 11 is 1.67. The molecular weight excluding hydrogens is 224 g/mol. The van der Waals surface area contributed by atoms with E-state index in [2.05, 4.69) is 6.07 Å². The number of hydrogen-bond acceptors (Lipinski definition) is 4. The van der Waals surface area contributed by atoms with Crippen LogP contribution in [0.25, 0.3) is 10.1 Å². The van der Waals surface area contributed by atoms with Crippen LogP contribution in [0.3, 0.4) is 0 Å². The van der Waals surface area contributed by atoms with Crippen molar-refractivity contribution in [2.75, 3.05) is 6.61 Å². The number of hydrazine groups is 1. The first kappa shape index (κ1) is 11.1. The van der Waals surface area contributed by atoms with Crippen LogP contribution >= 0.6 is 11.3 Å². The molecule has 1 aromatic carbocycles. The van der Waals surface area contributed by atoms with E-state index < -0.39 is 0 Å². The second-order valence-corrected chi connectivity index (χ2v) is 4.23. The molecule has 0 aliphatic rings.